The van der Waals surface area contributed by atoms with E-state index in [1.54, 1.807) is 13.1 Å². The van der Waals surface area contributed by atoms with E-state index in [0.717, 1.165) is 24.9 Å². The largest absolute Gasteiger partial charge is 0.465 e. The number of likely N-dealkylation sites (N-methyl/N-ethyl adjacent to an activating group) is 1. The molecule has 0 radical (unpaired) electrons. The van der Waals surface area contributed by atoms with Gasteiger partial charge in [0.05, 0.1) is 18.7 Å². The SMILES string of the molecule is CNC(=O)C1CCCN1Cc1ccc(C(=O)OC)c(F)c1. The van der Waals surface area contributed by atoms with Gasteiger partial charge >= 0.3 is 5.97 Å². The van der Waals surface area contributed by atoms with Crippen molar-refractivity contribution in [1.82, 2.24) is 10.2 Å². The topological polar surface area (TPSA) is 58.6 Å². The van der Waals surface area contributed by atoms with Crippen molar-refractivity contribution in [3.63, 3.8) is 0 Å². The van der Waals surface area contributed by atoms with E-state index < -0.39 is 11.8 Å². The molecular weight excluding hydrogens is 275 g/mol. The summed E-state index contributed by atoms with van der Waals surface area (Å²) in [5, 5.41) is 2.65. The van der Waals surface area contributed by atoms with Crippen molar-refractivity contribution in [3.8, 4) is 0 Å². The molecule has 1 saturated heterocycles. The second-order valence-electron chi connectivity index (χ2n) is 5.05. The number of carbonyl (C=O) groups excluding carboxylic acids is 2. The first-order valence-corrected chi connectivity index (χ1v) is 6.89. The van der Waals surface area contributed by atoms with Crippen LogP contribution in [0.25, 0.3) is 0 Å². The number of halogens is 1. The van der Waals surface area contributed by atoms with Crippen LogP contribution in [0.15, 0.2) is 18.2 Å². The van der Waals surface area contributed by atoms with Gasteiger partial charge in [0.15, 0.2) is 0 Å². The molecule has 0 aromatic heterocycles. The monoisotopic (exact) mass is 294 g/mol. The second-order valence-corrected chi connectivity index (χ2v) is 5.05. The Kier molecular flexibility index (Phi) is 4.90. The smallest absolute Gasteiger partial charge is 0.340 e. The molecule has 1 aromatic carbocycles. The van der Waals surface area contributed by atoms with Crippen molar-refractivity contribution in [2.24, 2.45) is 0 Å². The molecule has 6 heteroatoms. The number of nitrogens with one attached hydrogen (secondary N) is 1. The Balaban J connectivity index is 2.11. The predicted octanol–water partition coefficient (Wildman–Crippen LogP) is 1.32. The van der Waals surface area contributed by atoms with Gasteiger partial charge < -0.3 is 10.1 Å². The molecule has 0 aliphatic carbocycles. The minimum atomic E-state index is -0.691. The second kappa shape index (κ2) is 6.67. The van der Waals surface area contributed by atoms with Crippen molar-refractivity contribution in [1.29, 1.82) is 0 Å². The Morgan fingerprint density at radius 1 is 1.48 bits per heavy atom. The van der Waals surface area contributed by atoms with E-state index in [1.807, 2.05) is 4.90 Å². The van der Waals surface area contributed by atoms with Crippen LogP contribution in [0.1, 0.15) is 28.8 Å². The van der Waals surface area contributed by atoms with E-state index >= 15 is 0 Å². The van der Waals surface area contributed by atoms with Gasteiger partial charge in [-0.25, -0.2) is 9.18 Å². The summed E-state index contributed by atoms with van der Waals surface area (Å²) in [7, 11) is 2.83. The van der Waals surface area contributed by atoms with Crippen LogP contribution in [0.3, 0.4) is 0 Å². The summed E-state index contributed by atoms with van der Waals surface area (Å²) in [6.07, 6.45) is 1.75. The first-order valence-electron chi connectivity index (χ1n) is 6.89. The number of esters is 1. The Hall–Kier alpha value is -1.95. The quantitative estimate of drug-likeness (QED) is 0.851. The van der Waals surface area contributed by atoms with Crippen LogP contribution in [0, 0.1) is 5.82 Å². The molecule has 21 heavy (non-hydrogen) atoms. The number of methoxy groups -OCH3 is 1. The van der Waals surface area contributed by atoms with E-state index in [1.165, 1.54) is 19.2 Å². The van der Waals surface area contributed by atoms with Gasteiger partial charge in [0.2, 0.25) is 5.91 Å². The number of rotatable bonds is 4. The Morgan fingerprint density at radius 3 is 2.86 bits per heavy atom. The highest BCUT2D eigenvalue weighted by Crippen LogP contribution is 2.21. The van der Waals surface area contributed by atoms with Gasteiger partial charge in [-0.3, -0.25) is 9.69 Å². The van der Waals surface area contributed by atoms with Crippen molar-refractivity contribution in [2.75, 3.05) is 20.7 Å². The molecule has 1 N–H and O–H groups in total. The molecule has 1 amide bonds. The van der Waals surface area contributed by atoms with Gasteiger partial charge in [-0.1, -0.05) is 6.07 Å². The predicted molar refractivity (Wildman–Crippen MR) is 75.2 cm³/mol. The summed E-state index contributed by atoms with van der Waals surface area (Å²) in [5.41, 5.74) is 0.654. The Morgan fingerprint density at radius 2 is 2.24 bits per heavy atom. The minimum absolute atomic E-state index is 0.0147. The van der Waals surface area contributed by atoms with Crippen LogP contribution in [-0.2, 0) is 16.1 Å². The standard InChI is InChI=1S/C15H19FN2O3/c1-17-14(19)13-4-3-7-18(13)9-10-5-6-11(12(16)8-10)15(20)21-2/h5-6,8,13H,3-4,7,9H2,1-2H3,(H,17,19). The van der Waals surface area contributed by atoms with Crippen LogP contribution in [-0.4, -0.2) is 43.5 Å². The maximum Gasteiger partial charge on any atom is 0.340 e. The lowest BCUT2D eigenvalue weighted by Gasteiger charge is -2.23. The average Bonchev–Trinajstić information content (AvgIpc) is 2.94. The molecular formula is C15H19FN2O3. The number of carbonyl (C=O) groups is 2. The molecule has 1 unspecified atom stereocenters. The Labute approximate surface area is 123 Å². The van der Waals surface area contributed by atoms with Crippen molar-refractivity contribution < 1.29 is 18.7 Å². The number of ether oxygens (including phenoxy) is 1. The lowest BCUT2D eigenvalue weighted by atomic mass is 10.1. The van der Waals surface area contributed by atoms with Crippen molar-refractivity contribution >= 4 is 11.9 Å². The zero-order chi connectivity index (χ0) is 15.4. The zero-order valence-corrected chi connectivity index (χ0v) is 12.2. The number of likely N-dealkylation sites (tertiary alicyclic amines) is 1. The molecule has 114 valence electrons. The summed E-state index contributed by atoms with van der Waals surface area (Å²) >= 11 is 0. The summed E-state index contributed by atoms with van der Waals surface area (Å²) in [6.45, 7) is 1.29. The molecule has 0 spiro atoms. The van der Waals surface area contributed by atoms with E-state index in [2.05, 4.69) is 10.1 Å². The number of benzene rings is 1. The molecule has 1 aliphatic heterocycles. The fourth-order valence-corrected chi connectivity index (χ4v) is 2.65. The third-order valence-corrected chi connectivity index (χ3v) is 3.74. The number of nitrogens with zero attached hydrogens (tertiary/aromatic N) is 1. The molecule has 1 aliphatic rings. The van der Waals surface area contributed by atoms with E-state index in [0.29, 0.717) is 6.54 Å². The molecule has 1 aromatic rings. The fraction of sp³-hybridized carbons (Fsp3) is 0.467. The van der Waals surface area contributed by atoms with Gasteiger partial charge in [-0.05, 0) is 37.1 Å². The molecule has 2 rings (SSSR count). The molecule has 0 saturated carbocycles. The highest BCUT2D eigenvalue weighted by atomic mass is 19.1. The van der Waals surface area contributed by atoms with Gasteiger partial charge in [-0.15, -0.1) is 0 Å². The van der Waals surface area contributed by atoms with Gasteiger partial charge in [0, 0.05) is 13.6 Å². The third kappa shape index (κ3) is 3.39. The van der Waals surface area contributed by atoms with Gasteiger partial charge in [-0.2, -0.15) is 0 Å². The van der Waals surface area contributed by atoms with E-state index in [-0.39, 0.29) is 17.5 Å². The van der Waals surface area contributed by atoms with Crippen LogP contribution >= 0.6 is 0 Å². The van der Waals surface area contributed by atoms with Crippen molar-refractivity contribution in [2.45, 2.75) is 25.4 Å². The summed E-state index contributed by atoms with van der Waals surface area (Å²) in [4.78, 5) is 25.1. The highest BCUT2D eigenvalue weighted by Gasteiger charge is 2.30. The molecule has 5 nitrogen and oxygen atoms in total. The summed E-state index contributed by atoms with van der Waals surface area (Å²) in [5.74, 6) is -1.31. The minimum Gasteiger partial charge on any atom is -0.465 e. The fourth-order valence-electron chi connectivity index (χ4n) is 2.65. The summed E-state index contributed by atoms with van der Waals surface area (Å²) in [6, 6.07) is 4.26. The van der Waals surface area contributed by atoms with Crippen molar-refractivity contribution in [3.05, 3.63) is 35.1 Å². The van der Waals surface area contributed by atoms with Crippen LogP contribution in [0.2, 0.25) is 0 Å². The number of hydrogen-bond acceptors (Lipinski definition) is 4. The summed E-state index contributed by atoms with van der Waals surface area (Å²) < 4.78 is 18.4. The van der Waals surface area contributed by atoms with E-state index in [4.69, 9.17) is 0 Å². The molecule has 0 bridgehead atoms. The van der Waals surface area contributed by atoms with Gasteiger partial charge in [0.25, 0.3) is 0 Å². The first-order chi connectivity index (χ1) is 10.1. The number of amides is 1. The van der Waals surface area contributed by atoms with Crippen LogP contribution in [0.4, 0.5) is 4.39 Å². The number of hydrogen-bond donors (Lipinski definition) is 1. The molecule has 1 heterocycles. The molecule has 1 atom stereocenters. The lowest BCUT2D eigenvalue weighted by Crippen LogP contribution is -2.41. The maximum atomic E-state index is 13.9. The lowest BCUT2D eigenvalue weighted by molar-refractivity contribution is -0.125. The maximum absolute atomic E-state index is 13.9. The van der Waals surface area contributed by atoms with E-state index in [9.17, 15) is 14.0 Å². The zero-order valence-electron chi connectivity index (χ0n) is 12.2. The average molecular weight is 294 g/mol. The first kappa shape index (κ1) is 15.4. The normalized spacial score (nSPS) is 18.5. The van der Waals surface area contributed by atoms with Gasteiger partial charge in [0.1, 0.15) is 5.82 Å². The third-order valence-electron chi connectivity index (χ3n) is 3.74. The Bertz CT molecular complexity index is 548. The molecule has 1 fully saturated rings. The van der Waals surface area contributed by atoms with Crippen LogP contribution in [0.5, 0.6) is 0 Å². The van der Waals surface area contributed by atoms with Crippen LogP contribution < -0.4 is 5.32 Å². The highest BCUT2D eigenvalue weighted by molar-refractivity contribution is 5.89.